The van der Waals surface area contributed by atoms with Crippen LogP contribution in [-0.2, 0) is 4.79 Å². The maximum Gasteiger partial charge on any atom is 0.271 e. The van der Waals surface area contributed by atoms with Gasteiger partial charge in [0.2, 0.25) is 5.91 Å². The second kappa shape index (κ2) is 10.6. The summed E-state index contributed by atoms with van der Waals surface area (Å²) in [7, 11) is 0. The molecule has 158 valence electrons. The lowest BCUT2D eigenvalue weighted by atomic mass is 10.2. The predicted octanol–water partition coefficient (Wildman–Crippen LogP) is 5.44. The molecule has 0 saturated carbocycles. The van der Waals surface area contributed by atoms with E-state index in [4.69, 9.17) is 12.2 Å². The molecule has 3 N–H and O–H groups in total. The lowest BCUT2D eigenvalue weighted by Gasteiger charge is -2.11. The molecule has 0 radical (unpaired) electrons. The van der Waals surface area contributed by atoms with Crippen LogP contribution in [0.2, 0.25) is 0 Å². The summed E-state index contributed by atoms with van der Waals surface area (Å²) in [5, 5.41) is 20.4. The average Bonchev–Trinajstić information content (AvgIpc) is 2.75. The fourth-order valence-electron chi connectivity index (χ4n) is 2.64. The molecule has 0 unspecified atom stereocenters. The average molecular weight is 453 g/mol. The molecular formula is C22H20N4O3S2. The molecule has 0 fully saturated rings. The van der Waals surface area contributed by atoms with E-state index in [1.807, 2.05) is 54.6 Å². The minimum atomic E-state index is -0.486. The minimum Gasteiger partial charge on any atom is -0.332 e. The quantitative estimate of drug-likeness (QED) is 0.190. The summed E-state index contributed by atoms with van der Waals surface area (Å²) in [6.07, 6.45) is 0. The fraction of sp³-hybridized carbons (Fsp3) is 0.0909. The van der Waals surface area contributed by atoms with Crippen molar-refractivity contribution in [1.29, 1.82) is 0 Å². The van der Waals surface area contributed by atoms with Crippen molar-refractivity contribution in [1.82, 2.24) is 0 Å². The molecule has 0 aromatic heterocycles. The van der Waals surface area contributed by atoms with E-state index in [0.717, 1.165) is 21.8 Å². The number of rotatable bonds is 7. The van der Waals surface area contributed by atoms with Gasteiger partial charge in [-0.25, -0.2) is 0 Å². The molecule has 9 heteroatoms. The Bertz CT molecular complexity index is 1090. The number of benzene rings is 3. The highest BCUT2D eigenvalue weighted by Gasteiger charge is 2.11. The number of nitro benzene ring substituents is 1. The number of anilines is 3. The van der Waals surface area contributed by atoms with Gasteiger partial charge in [0.25, 0.3) is 5.69 Å². The Morgan fingerprint density at radius 2 is 1.61 bits per heavy atom. The van der Waals surface area contributed by atoms with Crippen LogP contribution in [0.5, 0.6) is 0 Å². The maximum absolute atomic E-state index is 12.3. The molecule has 0 aliphatic carbocycles. The molecular weight excluding hydrogens is 432 g/mol. The fourth-order valence-corrected chi connectivity index (χ4v) is 3.58. The number of hydrogen-bond donors (Lipinski definition) is 3. The van der Waals surface area contributed by atoms with Gasteiger partial charge >= 0.3 is 0 Å². The van der Waals surface area contributed by atoms with E-state index in [1.54, 1.807) is 13.0 Å². The first-order chi connectivity index (χ1) is 14.9. The number of thioether (sulfide) groups is 1. The Kier molecular flexibility index (Phi) is 7.58. The van der Waals surface area contributed by atoms with Crippen LogP contribution < -0.4 is 16.0 Å². The largest absolute Gasteiger partial charge is 0.332 e. The second-order valence-corrected chi connectivity index (χ2v) is 8.02. The van der Waals surface area contributed by atoms with Crippen LogP contribution >= 0.6 is 24.0 Å². The highest BCUT2D eigenvalue weighted by atomic mass is 32.2. The summed E-state index contributed by atoms with van der Waals surface area (Å²) >= 11 is 6.68. The van der Waals surface area contributed by atoms with Gasteiger partial charge in [0.1, 0.15) is 0 Å². The van der Waals surface area contributed by atoms with Crippen LogP contribution in [0.25, 0.3) is 0 Å². The van der Waals surface area contributed by atoms with E-state index in [9.17, 15) is 14.9 Å². The lowest BCUT2D eigenvalue weighted by Crippen LogP contribution is -2.18. The number of carbonyl (C=O) groups is 1. The first-order valence-electron chi connectivity index (χ1n) is 9.31. The molecule has 0 bridgehead atoms. The third kappa shape index (κ3) is 6.80. The van der Waals surface area contributed by atoms with Gasteiger partial charge in [0, 0.05) is 28.4 Å². The Morgan fingerprint density at radius 3 is 2.26 bits per heavy atom. The standard InChI is InChI=1S/C22H20N4O3S2/c1-15-7-10-18(26(28)29)13-20(15)25-21(27)14-31-19-11-8-17(9-12-19)24-22(30)23-16-5-3-2-4-6-16/h2-13H,14H2,1H3,(H,25,27)(H2,23,24,30). The first-order valence-corrected chi connectivity index (χ1v) is 10.7. The van der Waals surface area contributed by atoms with Gasteiger partial charge in [-0.3, -0.25) is 14.9 Å². The highest BCUT2D eigenvalue weighted by Crippen LogP contribution is 2.24. The Labute approximate surface area is 189 Å². The van der Waals surface area contributed by atoms with Gasteiger partial charge in [-0.05, 0) is 61.1 Å². The molecule has 0 spiro atoms. The summed E-state index contributed by atoms with van der Waals surface area (Å²) in [6, 6.07) is 21.6. The molecule has 31 heavy (non-hydrogen) atoms. The topological polar surface area (TPSA) is 96.3 Å². The molecule has 7 nitrogen and oxygen atoms in total. The third-order valence-electron chi connectivity index (χ3n) is 4.22. The van der Waals surface area contributed by atoms with E-state index in [-0.39, 0.29) is 17.3 Å². The Morgan fingerprint density at radius 1 is 0.968 bits per heavy atom. The van der Waals surface area contributed by atoms with E-state index < -0.39 is 4.92 Å². The van der Waals surface area contributed by atoms with Gasteiger partial charge in [0.15, 0.2) is 5.11 Å². The molecule has 3 aromatic carbocycles. The van der Waals surface area contributed by atoms with E-state index in [2.05, 4.69) is 16.0 Å². The molecule has 0 aliphatic heterocycles. The summed E-state index contributed by atoms with van der Waals surface area (Å²) in [5.74, 6) is -0.0490. The van der Waals surface area contributed by atoms with Gasteiger partial charge < -0.3 is 16.0 Å². The van der Waals surface area contributed by atoms with Crippen molar-refractivity contribution >= 4 is 57.7 Å². The Hall–Kier alpha value is -3.43. The summed E-state index contributed by atoms with van der Waals surface area (Å²) in [5.41, 5.74) is 2.88. The number of para-hydroxylation sites is 1. The van der Waals surface area contributed by atoms with Crippen LogP contribution in [0.1, 0.15) is 5.56 Å². The normalized spacial score (nSPS) is 10.2. The van der Waals surface area contributed by atoms with Crippen molar-refractivity contribution in [3.63, 3.8) is 0 Å². The lowest BCUT2D eigenvalue weighted by molar-refractivity contribution is -0.384. The van der Waals surface area contributed by atoms with Crippen molar-refractivity contribution in [3.05, 3.63) is 88.5 Å². The van der Waals surface area contributed by atoms with Gasteiger partial charge in [-0.1, -0.05) is 24.3 Å². The summed E-state index contributed by atoms with van der Waals surface area (Å²) in [6.45, 7) is 1.79. The monoisotopic (exact) mass is 452 g/mol. The molecule has 1 amide bonds. The number of aryl methyl sites for hydroxylation is 1. The number of nitrogens with zero attached hydrogens (tertiary/aromatic N) is 1. The molecule has 0 heterocycles. The Balaban J connectivity index is 1.50. The SMILES string of the molecule is Cc1ccc([N+](=O)[O-])cc1NC(=O)CSc1ccc(NC(=S)Nc2ccccc2)cc1. The number of hydrogen-bond acceptors (Lipinski definition) is 5. The van der Waals surface area contributed by atoms with Crippen LogP contribution in [0.15, 0.2) is 77.7 Å². The van der Waals surface area contributed by atoms with Crippen LogP contribution in [0.3, 0.4) is 0 Å². The maximum atomic E-state index is 12.3. The van der Waals surface area contributed by atoms with Crippen LogP contribution in [-0.4, -0.2) is 21.7 Å². The van der Waals surface area contributed by atoms with Gasteiger partial charge in [0.05, 0.1) is 16.4 Å². The van der Waals surface area contributed by atoms with Crippen molar-refractivity contribution in [3.8, 4) is 0 Å². The number of amides is 1. The molecule has 3 rings (SSSR count). The summed E-state index contributed by atoms with van der Waals surface area (Å²) < 4.78 is 0. The van der Waals surface area contributed by atoms with Crippen LogP contribution in [0, 0.1) is 17.0 Å². The third-order valence-corrected chi connectivity index (χ3v) is 5.44. The molecule has 0 atom stereocenters. The zero-order valence-electron chi connectivity index (χ0n) is 16.6. The smallest absolute Gasteiger partial charge is 0.271 e. The summed E-state index contributed by atoms with van der Waals surface area (Å²) in [4.78, 5) is 23.6. The highest BCUT2D eigenvalue weighted by molar-refractivity contribution is 8.00. The van der Waals surface area contributed by atoms with Gasteiger partial charge in [-0.15, -0.1) is 11.8 Å². The zero-order valence-corrected chi connectivity index (χ0v) is 18.3. The van der Waals surface area contributed by atoms with E-state index in [0.29, 0.717) is 10.8 Å². The van der Waals surface area contributed by atoms with Crippen molar-refractivity contribution < 1.29 is 9.72 Å². The minimum absolute atomic E-state index is 0.0590. The zero-order chi connectivity index (χ0) is 22.2. The van der Waals surface area contributed by atoms with Crippen molar-refractivity contribution in [2.75, 3.05) is 21.7 Å². The molecule has 0 saturated heterocycles. The number of thiocarbonyl (C=S) groups is 1. The number of carbonyl (C=O) groups excluding carboxylic acids is 1. The van der Waals surface area contributed by atoms with Crippen LogP contribution in [0.4, 0.5) is 22.7 Å². The number of nitrogens with one attached hydrogen (secondary N) is 3. The van der Waals surface area contributed by atoms with E-state index in [1.165, 1.54) is 23.9 Å². The number of non-ortho nitro benzene ring substituents is 1. The second-order valence-electron chi connectivity index (χ2n) is 6.56. The van der Waals surface area contributed by atoms with Gasteiger partial charge in [-0.2, -0.15) is 0 Å². The van der Waals surface area contributed by atoms with E-state index >= 15 is 0 Å². The first kappa shape index (κ1) is 22.3. The molecule has 3 aromatic rings. The molecule has 0 aliphatic rings. The predicted molar refractivity (Wildman–Crippen MR) is 130 cm³/mol. The van der Waals surface area contributed by atoms with Crippen molar-refractivity contribution in [2.45, 2.75) is 11.8 Å². The number of nitro groups is 1. The van der Waals surface area contributed by atoms with Crippen molar-refractivity contribution in [2.24, 2.45) is 0 Å².